The summed E-state index contributed by atoms with van der Waals surface area (Å²) in [6, 6.07) is 6.61. The van der Waals surface area contributed by atoms with E-state index < -0.39 is 29.4 Å². The maximum atomic E-state index is 12.8. The summed E-state index contributed by atoms with van der Waals surface area (Å²) in [5.41, 5.74) is -0.437. The number of amides is 2. The van der Waals surface area contributed by atoms with Crippen LogP contribution in [0.1, 0.15) is 32.4 Å². The summed E-state index contributed by atoms with van der Waals surface area (Å²) in [6.07, 6.45) is 0. The van der Waals surface area contributed by atoms with Crippen molar-refractivity contribution in [3.05, 3.63) is 34.9 Å². The summed E-state index contributed by atoms with van der Waals surface area (Å²) in [5, 5.41) is 3.79. The first-order valence-electron chi connectivity index (χ1n) is 8.40. The molecule has 1 aromatic carbocycles. The number of nitrogens with one attached hydrogen (secondary N) is 1. The van der Waals surface area contributed by atoms with Gasteiger partial charge in [0.1, 0.15) is 5.54 Å². The van der Waals surface area contributed by atoms with Gasteiger partial charge in [0.25, 0.3) is 0 Å². The number of carbonyl (C=O) groups is 3. The van der Waals surface area contributed by atoms with Crippen LogP contribution >= 0.6 is 11.6 Å². The quantitative estimate of drug-likeness (QED) is 0.652. The molecule has 7 heteroatoms. The van der Waals surface area contributed by atoms with E-state index in [-0.39, 0.29) is 25.0 Å². The molecule has 0 radical (unpaired) electrons. The van der Waals surface area contributed by atoms with Gasteiger partial charge in [0, 0.05) is 17.6 Å². The Balaban J connectivity index is 2.07. The molecular formula is C18H21ClN2O4. The highest BCUT2D eigenvalue weighted by molar-refractivity contribution is 6.30. The molecule has 2 heterocycles. The number of likely N-dealkylation sites (tertiary alicyclic amines) is 1. The Hall–Kier alpha value is -1.92. The van der Waals surface area contributed by atoms with Crippen LogP contribution in [0.3, 0.4) is 0 Å². The molecule has 2 fully saturated rings. The van der Waals surface area contributed by atoms with Gasteiger partial charge < -0.3 is 4.74 Å². The van der Waals surface area contributed by atoms with E-state index in [0.29, 0.717) is 5.02 Å². The summed E-state index contributed by atoms with van der Waals surface area (Å²) in [4.78, 5) is 39.5. The topological polar surface area (TPSA) is 75.7 Å². The molecule has 25 heavy (non-hydrogen) atoms. The molecule has 0 unspecified atom stereocenters. The molecule has 0 spiro atoms. The van der Waals surface area contributed by atoms with Crippen LogP contribution in [0.2, 0.25) is 5.02 Å². The van der Waals surface area contributed by atoms with Crippen molar-refractivity contribution in [3.8, 4) is 0 Å². The largest absolute Gasteiger partial charge is 0.465 e. The number of esters is 1. The minimum Gasteiger partial charge on any atom is -0.465 e. The van der Waals surface area contributed by atoms with Crippen LogP contribution in [0.15, 0.2) is 24.3 Å². The Morgan fingerprint density at radius 3 is 2.44 bits per heavy atom. The smallest absolute Gasteiger partial charge is 0.326 e. The van der Waals surface area contributed by atoms with E-state index in [0.717, 1.165) is 5.56 Å². The monoisotopic (exact) mass is 364 g/mol. The molecular weight excluding hydrogens is 344 g/mol. The Kier molecular flexibility index (Phi) is 4.60. The summed E-state index contributed by atoms with van der Waals surface area (Å²) in [7, 11) is 0. The zero-order chi connectivity index (χ0) is 18.4. The number of halogens is 1. The van der Waals surface area contributed by atoms with Gasteiger partial charge in [-0.05, 0) is 38.5 Å². The molecule has 4 atom stereocenters. The summed E-state index contributed by atoms with van der Waals surface area (Å²) in [6.45, 7) is 5.60. The van der Waals surface area contributed by atoms with Crippen molar-refractivity contribution >= 4 is 29.4 Å². The van der Waals surface area contributed by atoms with Crippen LogP contribution < -0.4 is 5.32 Å². The predicted molar refractivity (Wildman–Crippen MR) is 91.7 cm³/mol. The Bertz CT molecular complexity index is 720. The highest BCUT2D eigenvalue weighted by Crippen LogP contribution is 2.49. The van der Waals surface area contributed by atoms with Crippen molar-refractivity contribution in [1.82, 2.24) is 10.2 Å². The molecule has 2 aliphatic rings. The number of rotatable bonds is 4. The van der Waals surface area contributed by atoms with Crippen molar-refractivity contribution in [2.45, 2.75) is 32.4 Å². The third-order valence-corrected chi connectivity index (χ3v) is 5.38. The average molecular weight is 365 g/mol. The van der Waals surface area contributed by atoms with E-state index in [1.165, 1.54) is 4.90 Å². The van der Waals surface area contributed by atoms with Crippen molar-refractivity contribution in [2.75, 3.05) is 13.2 Å². The molecule has 0 bridgehead atoms. The lowest BCUT2D eigenvalue weighted by Gasteiger charge is -2.28. The van der Waals surface area contributed by atoms with Crippen LogP contribution in [0, 0.1) is 11.8 Å². The first kappa shape index (κ1) is 17.9. The van der Waals surface area contributed by atoms with Gasteiger partial charge in [0.05, 0.1) is 18.4 Å². The summed E-state index contributed by atoms with van der Waals surface area (Å²) < 4.78 is 5.19. The lowest BCUT2D eigenvalue weighted by Crippen LogP contribution is -2.54. The molecule has 134 valence electrons. The van der Waals surface area contributed by atoms with Crippen LogP contribution in [0.25, 0.3) is 0 Å². The summed E-state index contributed by atoms with van der Waals surface area (Å²) in [5.74, 6) is -2.50. The number of hydrogen-bond donors (Lipinski definition) is 1. The molecule has 3 rings (SSSR count). The molecule has 2 saturated heterocycles. The van der Waals surface area contributed by atoms with Gasteiger partial charge in [0.15, 0.2) is 0 Å². The Labute approximate surface area is 151 Å². The van der Waals surface area contributed by atoms with E-state index in [1.54, 1.807) is 45.0 Å². The van der Waals surface area contributed by atoms with E-state index in [1.807, 2.05) is 0 Å². The Morgan fingerprint density at radius 2 is 1.88 bits per heavy atom. The third-order valence-electron chi connectivity index (χ3n) is 5.12. The number of fused-ring (bicyclic) bond motifs is 1. The van der Waals surface area contributed by atoms with Crippen LogP contribution in [0.5, 0.6) is 0 Å². The maximum Gasteiger partial charge on any atom is 0.326 e. The van der Waals surface area contributed by atoms with Crippen molar-refractivity contribution in [2.24, 2.45) is 11.8 Å². The minimum absolute atomic E-state index is 0.207. The van der Waals surface area contributed by atoms with Crippen molar-refractivity contribution in [3.63, 3.8) is 0 Å². The second kappa shape index (κ2) is 6.42. The van der Waals surface area contributed by atoms with Crippen LogP contribution in [-0.2, 0) is 19.1 Å². The van der Waals surface area contributed by atoms with Crippen LogP contribution in [-0.4, -0.2) is 41.4 Å². The molecule has 0 aliphatic carbocycles. The van der Waals surface area contributed by atoms with E-state index in [2.05, 4.69) is 5.32 Å². The maximum absolute atomic E-state index is 12.8. The zero-order valence-corrected chi connectivity index (χ0v) is 15.2. The van der Waals surface area contributed by atoms with E-state index in [9.17, 15) is 14.4 Å². The van der Waals surface area contributed by atoms with Gasteiger partial charge in [-0.2, -0.15) is 0 Å². The van der Waals surface area contributed by atoms with Crippen LogP contribution in [0.4, 0.5) is 0 Å². The fourth-order valence-electron chi connectivity index (χ4n) is 3.94. The Morgan fingerprint density at radius 1 is 1.24 bits per heavy atom. The number of benzene rings is 1. The third kappa shape index (κ3) is 2.64. The first-order valence-corrected chi connectivity index (χ1v) is 8.78. The number of carbonyl (C=O) groups excluding carboxylic acids is 3. The second-order valence-electron chi connectivity index (χ2n) is 6.52. The molecule has 2 amide bonds. The van der Waals surface area contributed by atoms with E-state index >= 15 is 0 Å². The van der Waals surface area contributed by atoms with Gasteiger partial charge in [-0.15, -0.1) is 0 Å². The molecule has 0 saturated carbocycles. The number of nitrogens with zero attached hydrogens (tertiary/aromatic N) is 1. The lowest BCUT2D eigenvalue weighted by molar-refractivity contribution is -0.155. The first-order chi connectivity index (χ1) is 11.8. The SMILES string of the molecule is CCOC(=O)[C@]1(C)N[C@H](c2ccc(Cl)cc2)[C@H]2C(=O)N(CC)C(=O)[C@@H]21. The molecule has 1 aromatic rings. The van der Waals surface area contributed by atoms with E-state index in [4.69, 9.17) is 16.3 Å². The number of imide groups is 1. The standard InChI is InChI=1S/C18H21ClN2O4/c1-4-21-15(22)12-13(16(21)23)18(3,17(24)25-5-2)20-14(12)10-6-8-11(19)9-7-10/h6-9,12-14,20H,4-5H2,1-3H3/t12-,13+,14+,18+/m0/s1. The highest BCUT2D eigenvalue weighted by Gasteiger charge is 2.66. The second-order valence-corrected chi connectivity index (χ2v) is 6.96. The van der Waals surface area contributed by atoms with Gasteiger partial charge in [-0.25, -0.2) is 0 Å². The average Bonchev–Trinajstić information content (AvgIpc) is 3.03. The fourth-order valence-corrected chi connectivity index (χ4v) is 4.06. The van der Waals surface area contributed by atoms with Gasteiger partial charge >= 0.3 is 5.97 Å². The molecule has 1 N–H and O–H groups in total. The summed E-state index contributed by atoms with van der Waals surface area (Å²) >= 11 is 5.95. The fraction of sp³-hybridized carbons (Fsp3) is 0.500. The zero-order valence-electron chi connectivity index (χ0n) is 14.4. The lowest BCUT2D eigenvalue weighted by atomic mass is 9.80. The number of hydrogen-bond acceptors (Lipinski definition) is 5. The molecule has 0 aromatic heterocycles. The highest BCUT2D eigenvalue weighted by atomic mass is 35.5. The normalized spacial score (nSPS) is 31.4. The van der Waals surface area contributed by atoms with Gasteiger partial charge in [-0.1, -0.05) is 23.7 Å². The molecule has 2 aliphatic heterocycles. The van der Waals surface area contributed by atoms with Crippen molar-refractivity contribution in [1.29, 1.82) is 0 Å². The van der Waals surface area contributed by atoms with Gasteiger partial charge in [-0.3, -0.25) is 24.6 Å². The predicted octanol–water partition coefficient (Wildman–Crippen LogP) is 1.93. The van der Waals surface area contributed by atoms with Gasteiger partial charge in [0.2, 0.25) is 11.8 Å². The molecule has 6 nitrogen and oxygen atoms in total. The minimum atomic E-state index is -1.25. The van der Waals surface area contributed by atoms with Crippen molar-refractivity contribution < 1.29 is 19.1 Å². The number of ether oxygens (including phenoxy) is 1.